The van der Waals surface area contributed by atoms with Crippen molar-refractivity contribution in [1.29, 1.82) is 0 Å². The predicted molar refractivity (Wildman–Crippen MR) is 84.3 cm³/mol. The zero-order valence-electron chi connectivity index (χ0n) is 12.3. The quantitative estimate of drug-likeness (QED) is 0.873. The molecule has 0 saturated carbocycles. The Balaban J connectivity index is 0.00000200. The van der Waals surface area contributed by atoms with E-state index in [1.165, 1.54) is 0 Å². The molecule has 114 valence electrons. The Kier molecular flexibility index (Phi) is 7.73. The van der Waals surface area contributed by atoms with Crippen LogP contribution in [0.4, 0.5) is 0 Å². The molecule has 0 aliphatic carbocycles. The number of benzene rings is 1. The average molecular weight is 301 g/mol. The highest BCUT2D eigenvalue weighted by Crippen LogP contribution is 2.17. The molecule has 0 bridgehead atoms. The van der Waals surface area contributed by atoms with Crippen LogP contribution >= 0.6 is 12.4 Å². The molecule has 0 radical (unpaired) electrons. The minimum absolute atomic E-state index is 0. The van der Waals surface area contributed by atoms with Gasteiger partial charge in [0.1, 0.15) is 18.1 Å². The zero-order valence-corrected chi connectivity index (χ0v) is 13.1. The van der Waals surface area contributed by atoms with Crippen LogP contribution in [0, 0.1) is 0 Å². The summed E-state index contributed by atoms with van der Waals surface area (Å²) in [6, 6.07) is 8.43. The van der Waals surface area contributed by atoms with Crippen molar-refractivity contribution in [2.45, 2.75) is 19.9 Å². The summed E-state index contributed by atoms with van der Waals surface area (Å²) in [5.41, 5.74) is 0. The van der Waals surface area contributed by atoms with Crippen molar-refractivity contribution in [3.05, 3.63) is 24.3 Å². The van der Waals surface area contributed by atoms with Crippen molar-refractivity contribution >= 4 is 12.4 Å². The van der Waals surface area contributed by atoms with Gasteiger partial charge in [-0.3, -0.25) is 4.90 Å². The Bertz CT molecular complexity index is 373. The van der Waals surface area contributed by atoms with E-state index in [2.05, 4.69) is 17.1 Å². The highest BCUT2D eigenvalue weighted by atomic mass is 35.5. The van der Waals surface area contributed by atoms with Gasteiger partial charge < -0.3 is 14.8 Å². The van der Waals surface area contributed by atoms with Crippen LogP contribution in [0.15, 0.2) is 24.3 Å². The second-order valence-corrected chi connectivity index (χ2v) is 4.84. The van der Waals surface area contributed by atoms with Gasteiger partial charge >= 0.3 is 0 Å². The van der Waals surface area contributed by atoms with Gasteiger partial charge in [0.25, 0.3) is 0 Å². The largest absolute Gasteiger partial charge is 0.494 e. The molecule has 1 fully saturated rings. The van der Waals surface area contributed by atoms with E-state index in [-0.39, 0.29) is 12.4 Å². The van der Waals surface area contributed by atoms with Crippen LogP contribution in [0.2, 0.25) is 0 Å². The van der Waals surface area contributed by atoms with Gasteiger partial charge in [-0.1, -0.05) is 0 Å². The molecule has 0 spiro atoms. The Morgan fingerprint density at radius 3 is 2.45 bits per heavy atom. The number of hydrogen-bond donors (Lipinski definition) is 1. The van der Waals surface area contributed by atoms with Crippen molar-refractivity contribution in [3.8, 4) is 11.5 Å². The first kappa shape index (κ1) is 17.1. The maximum absolute atomic E-state index is 5.77. The van der Waals surface area contributed by atoms with Gasteiger partial charge in [0.05, 0.1) is 6.61 Å². The third kappa shape index (κ3) is 5.19. The van der Waals surface area contributed by atoms with Crippen LogP contribution in [-0.4, -0.2) is 50.3 Å². The van der Waals surface area contributed by atoms with Crippen molar-refractivity contribution in [2.75, 3.05) is 39.4 Å². The number of rotatable bonds is 6. The molecule has 1 aliphatic heterocycles. The molecule has 0 unspecified atom stereocenters. The zero-order chi connectivity index (χ0) is 13.5. The SMILES string of the molecule is CCOc1ccc(OCCN2CCNC[C@H]2C)cc1.Cl. The van der Waals surface area contributed by atoms with Gasteiger partial charge in [0, 0.05) is 32.2 Å². The van der Waals surface area contributed by atoms with Crippen LogP contribution < -0.4 is 14.8 Å². The maximum atomic E-state index is 5.77. The Morgan fingerprint density at radius 2 is 1.85 bits per heavy atom. The summed E-state index contributed by atoms with van der Waals surface area (Å²) in [5, 5.41) is 3.39. The molecule has 0 amide bonds. The highest BCUT2D eigenvalue weighted by molar-refractivity contribution is 5.85. The van der Waals surface area contributed by atoms with Crippen LogP contribution in [0.3, 0.4) is 0 Å². The predicted octanol–water partition coefficient (Wildman–Crippen LogP) is 2.18. The lowest BCUT2D eigenvalue weighted by Gasteiger charge is -2.33. The fourth-order valence-corrected chi connectivity index (χ4v) is 2.29. The molecule has 0 aromatic heterocycles. The molecule has 1 heterocycles. The van der Waals surface area contributed by atoms with E-state index in [1.54, 1.807) is 0 Å². The lowest BCUT2D eigenvalue weighted by Crippen LogP contribution is -2.50. The minimum Gasteiger partial charge on any atom is -0.494 e. The lowest BCUT2D eigenvalue weighted by molar-refractivity contribution is 0.143. The number of halogens is 1. The van der Waals surface area contributed by atoms with E-state index in [0.717, 1.165) is 44.3 Å². The van der Waals surface area contributed by atoms with E-state index in [9.17, 15) is 0 Å². The van der Waals surface area contributed by atoms with Crippen LogP contribution in [0.5, 0.6) is 11.5 Å². The van der Waals surface area contributed by atoms with Crippen LogP contribution in [0.1, 0.15) is 13.8 Å². The summed E-state index contributed by atoms with van der Waals surface area (Å²) in [7, 11) is 0. The smallest absolute Gasteiger partial charge is 0.119 e. The van der Waals surface area contributed by atoms with E-state index in [4.69, 9.17) is 9.47 Å². The molecular weight excluding hydrogens is 276 g/mol. The molecule has 1 N–H and O–H groups in total. The summed E-state index contributed by atoms with van der Waals surface area (Å²) in [5.74, 6) is 1.80. The fourth-order valence-electron chi connectivity index (χ4n) is 2.29. The van der Waals surface area contributed by atoms with Crippen molar-refractivity contribution in [2.24, 2.45) is 0 Å². The summed E-state index contributed by atoms with van der Waals surface area (Å²) in [6.07, 6.45) is 0. The van der Waals surface area contributed by atoms with Gasteiger partial charge in [0.2, 0.25) is 0 Å². The second-order valence-electron chi connectivity index (χ2n) is 4.84. The topological polar surface area (TPSA) is 33.7 Å². The number of piperazine rings is 1. The number of hydrogen-bond acceptors (Lipinski definition) is 4. The van der Waals surface area contributed by atoms with E-state index in [1.807, 2.05) is 31.2 Å². The monoisotopic (exact) mass is 300 g/mol. The standard InChI is InChI=1S/C15H24N2O2.ClH/c1-3-18-14-4-6-15(7-5-14)19-11-10-17-9-8-16-12-13(17)2;/h4-7,13,16H,3,8-12H2,1-2H3;1H/t13-;/m1./s1. The van der Waals surface area contributed by atoms with Gasteiger partial charge in [-0.15, -0.1) is 12.4 Å². The molecule has 1 aromatic rings. The molecule has 2 rings (SSSR count). The Morgan fingerprint density at radius 1 is 1.20 bits per heavy atom. The van der Waals surface area contributed by atoms with Gasteiger partial charge in [-0.2, -0.15) is 0 Å². The van der Waals surface area contributed by atoms with Gasteiger partial charge in [-0.05, 0) is 38.1 Å². The van der Waals surface area contributed by atoms with Crippen molar-refractivity contribution in [1.82, 2.24) is 10.2 Å². The molecule has 5 heteroatoms. The summed E-state index contributed by atoms with van der Waals surface area (Å²) in [6.45, 7) is 9.90. The molecular formula is C15H25ClN2O2. The normalized spacial score (nSPS) is 19.2. The van der Waals surface area contributed by atoms with Crippen molar-refractivity contribution < 1.29 is 9.47 Å². The molecule has 1 aromatic carbocycles. The van der Waals surface area contributed by atoms with E-state index >= 15 is 0 Å². The van der Waals surface area contributed by atoms with Crippen LogP contribution in [-0.2, 0) is 0 Å². The molecule has 1 saturated heterocycles. The van der Waals surface area contributed by atoms with Crippen LogP contribution in [0.25, 0.3) is 0 Å². The molecule has 4 nitrogen and oxygen atoms in total. The maximum Gasteiger partial charge on any atom is 0.119 e. The second kappa shape index (κ2) is 9.06. The third-order valence-corrected chi connectivity index (χ3v) is 3.42. The first-order chi connectivity index (χ1) is 9.29. The average Bonchev–Trinajstić information content (AvgIpc) is 2.43. The fraction of sp³-hybridized carbons (Fsp3) is 0.600. The third-order valence-electron chi connectivity index (χ3n) is 3.42. The first-order valence-electron chi connectivity index (χ1n) is 7.10. The molecule has 20 heavy (non-hydrogen) atoms. The molecule has 1 atom stereocenters. The van der Waals surface area contributed by atoms with E-state index < -0.39 is 0 Å². The molecule has 1 aliphatic rings. The summed E-state index contributed by atoms with van der Waals surface area (Å²) >= 11 is 0. The van der Waals surface area contributed by atoms with Gasteiger partial charge in [0.15, 0.2) is 0 Å². The number of nitrogens with zero attached hydrogens (tertiary/aromatic N) is 1. The lowest BCUT2D eigenvalue weighted by atomic mass is 10.2. The minimum atomic E-state index is 0. The Labute approximate surface area is 127 Å². The Hall–Kier alpha value is -0.970. The number of ether oxygens (including phenoxy) is 2. The van der Waals surface area contributed by atoms with Crippen molar-refractivity contribution in [3.63, 3.8) is 0 Å². The summed E-state index contributed by atoms with van der Waals surface area (Å²) < 4.78 is 11.2. The van der Waals surface area contributed by atoms with Gasteiger partial charge in [-0.25, -0.2) is 0 Å². The summed E-state index contributed by atoms with van der Waals surface area (Å²) in [4.78, 5) is 2.46. The number of nitrogens with one attached hydrogen (secondary N) is 1. The van der Waals surface area contributed by atoms with E-state index in [0.29, 0.717) is 12.6 Å². The first-order valence-corrected chi connectivity index (χ1v) is 7.10. The highest BCUT2D eigenvalue weighted by Gasteiger charge is 2.16.